The van der Waals surface area contributed by atoms with Gasteiger partial charge in [-0.2, -0.15) is 0 Å². The molecular formula is C21H17Cl2FN2O4S. The van der Waals surface area contributed by atoms with Crippen molar-refractivity contribution in [1.29, 1.82) is 0 Å². The van der Waals surface area contributed by atoms with E-state index in [0.717, 1.165) is 10.1 Å². The number of fused-ring (bicyclic) bond motifs is 1. The summed E-state index contributed by atoms with van der Waals surface area (Å²) in [6, 6.07) is 11.5. The van der Waals surface area contributed by atoms with Crippen LogP contribution in [0.5, 0.6) is 0 Å². The zero-order valence-electron chi connectivity index (χ0n) is 16.3. The van der Waals surface area contributed by atoms with Crippen LogP contribution in [0.25, 0.3) is 10.1 Å². The van der Waals surface area contributed by atoms with Crippen LogP contribution in [0.15, 0.2) is 42.5 Å². The molecule has 3 rings (SSSR count). The zero-order valence-corrected chi connectivity index (χ0v) is 18.6. The molecule has 31 heavy (non-hydrogen) atoms. The van der Waals surface area contributed by atoms with Gasteiger partial charge in [0.15, 0.2) is 6.61 Å². The van der Waals surface area contributed by atoms with Gasteiger partial charge in [-0.25, -0.2) is 4.39 Å². The van der Waals surface area contributed by atoms with Crippen LogP contribution < -0.4 is 5.32 Å². The lowest BCUT2D eigenvalue weighted by Gasteiger charge is -2.18. The lowest BCUT2D eigenvalue weighted by atomic mass is 10.2. The molecular weight excluding hydrogens is 466 g/mol. The van der Waals surface area contributed by atoms with Gasteiger partial charge in [0.25, 0.3) is 11.8 Å². The predicted octanol–water partition coefficient (Wildman–Crippen LogP) is 4.28. The average molecular weight is 483 g/mol. The molecule has 0 aliphatic rings. The molecule has 0 aliphatic heterocycles. The molecule has 0 bridgehead atoms. The summed E-state index contributed by atoms with van der Waals surface area (Å²) in [5.41, 5.74) is 0.166. The van der Waals surface area contributed by atoms with E-state index >= 15 is 0 Å². The third-order valence-electron chi connectivity index (χ3n) is 4.37. The van der Waals surface area contributed by atoms with E-state index in [0.29, 0.717) is 5.02 Å². The summed E-state index contributed by atoms with van der Waals surface area (Å²) in [5.74, 6) is -2.39. The Labute approximate surface area is 191 Å². The van der Waals surface area contributed by atoms with Gasteiger partial charge in [0.05, 0.1) is 5.02 Å². The van der Waals surface area contributed by atoms with E-state index in [4.69, 9.17) is 27.9 Å². The van der Waals surface area contributed by atoms with Crippen molar-refractivity contribution in [3.8, 4) is 0 Å². The number of carbonyl (C=O) groups excluding carboxylic acids is 3. The first-order chi connectivity index (χ1) is 14.8. The number of esters is 1. The molecule has 2 amide bonds. The average Bonchev–Trinajstić information content (AvgIpc) is 3.09. The Morgan fingerprint density at radius 3 is 2.58 bits per heavy atom. The van der Waals surface area contributed by atoms with Gasteiger partial charge < -0.3 is 15.0 Å². The monoisotopic (exact) mass is 482 g/mol. The molecule has 0 aliphatic carbocycles. The maximum atomic E-state index is 13.8. The van der Waals surface area contributed by atoms with Crippen LogP contribution in [-0.2, 0) is 20.9 Å². The minimum atomic E-state index is -0.795. The summed E-state index contributed by atoms with van der Waals surface area (Å²) in [6.07, 6.45) is 0. The van der Waals surface area contributed by atoms with E-state index < -0.39 is 36.8 Å². The topological polar surface area (TPSA) is 75.7 Å². The fraction of sp³-hybridized carbons (Fsp3) is 0.190. The number of amides is 2. The fourth-order valence-corrected chi connectivity index (χ4v) is 4.36. The maximum Gasteiger partial charge on any atom is 0.325 e. The van der Waals surface area contributed by atoms with Crippen LogP contribution in [0.1, 0.15) is 15.2 Å². The van der Waals surface area contributed by atoms with Crippen molar-refractivity contribution < 1.29 is 23.5 Å². The van der Waals surface area contributed by atoms with E-state index in [-0.39, 0.29) is 22.0 Å². The molecule has 162 valence electrons. The number of nitrogens with one attached hydrogen (secondary N) is 1. The number of nitrogens with zero attached hydrogens (tertiary/aromatic N) is 1. The summed E-state index contributed by atoms with van der Waals surface area (Å²) in [6.45, 7) is -1.07. The minimum absolute atomic E-state index is 0.0803. The minimum Gasteiger partial charge on any atom is -0.454 e. The van der Waals surface area contributed by atoms with Gasteiger partial charge in [-0.1, -0.05) is 47.5 Å². The molecule has 0 atom stereocenters. The molecule has 0 saturated carbocycles. The molecule has 1 N–H and O–H groups in total. The standard InChI is InChI=1S/C21H17Cl2FN2O4S/c1-26(10-13-14(22)6-4-7-15(13)24)17(27)11-30-18(28)9-25-21(29)20-19(23)12-5-2-3-8-16(12)31-20/h2-8H,9-11H2,1H3,(H,25,29). The first-order valence-electron chi connectivity index (χ1n) is 9.05. The van der Waals surface area contributed by atoms with Crippen molar-refractivity contribution >= 4 is 62.4 Å². The second-order valence-corrected chi connectivity index (χ2v) is 8.37. The van der Waals surface area contributed by atoms with E-state index in [1.807, 2.05) is 18.2 Å². The number of hydrogen-bond donors (Lipinski definition) is 1. The Balaban J connectivity index is 1.48. The van der Waals surface area contributed by atoms with Crippen LogP contribution in [0.2, 0.25) is 10.0 Å². The smallest absolute Gasteiger partial charge is 0.325 e. The number of benzene rings is 2. The van der Waals surface area contributed by atoms with Crippen LogP contribution in [0, 0.1) is 5.82 Å². The molecule has 0 spiro atoms. The number of halogens is 3. The quantitative estimate of drug-likeness (QED) is 0.510. The van der Waals surface area contributed by atoms with Gasteiger partial charge in [-0.05, 0) is 18.2 Å². The molecule has 0 fully saturated rings. The molecule has 6 nitrogen and oxygen atoms in total. The number of carbonyl (C=O) groups is 3. The number of ether oxygens (including phenoxy) is 1. The van der Waals surface area contributed by atoms with Gasteiger partial charge in [-0.15, -0.1) is 11.3 Å². The summed E-state index contributed by atoms with van der Waals surface area (Å²) >= 11 is 13.4. The van der Waals surface area contributed by atoms with Gasteiger partial charge in [0.1, 0.15) is 17.2 Å². The molecule has 3 aromatic rings. The van der Waals surface area contributed by atoms with Gasteiger partial charge in [-0.3, -0.25) is 14.4 Å². The number of likely N-dealkylation sites (N-methyl/N-ethyl adjacent to an activating group) is 1. The second kappa shape index (κ2) is 10.1. The SMILES string of the molecule is CN(Cc1c(F)cccc1Cl)C(=O)COC(=O)CNC(=O)c1sc2ccccc2c1Cl. The molecule has 1 aromatic heterocycles. The Hall–Kier alpha value is -2.68. The summed E-state index contributed by atoms with van der Waals surface area (Å²) in [5, 5.41) is 3.69. The predicted molar refractivity (Wildman–Crippen MR) is 118 cm³/mol. The van der Waals surface area contributed by atoms with Crippen LogP contribution in [-0.4, -0.2) is 42.9 Å². The van der Waals surface area contributed by atoms with Gasteiger partial charge in [0.2, 0.25) is 0 Å². The Morgan fingerprint density at radius 2 is 1.87 bits per heavy atom. The van der Waals surface area contributed by atoms with Crippen LogP contribution in [0.4, 0.5) is 4.39 Å². The van der Waals surface area contributed by atoms with Crippen molar-refractivity contribution in [1.82, 2.24) is 10.2 Å². The molecule has 0 radical (unpaired) electrons. The lowest BCUT2D eigenvalue weighted by molar-refractivity contribution is -0.150. The highest BCUT2D eigenvalue weighted by atomic mass is 35.5. The van der Waals surface area contributed by atoms with E-state index in [1.54, 1.807) is 6.07 Å². The second-order valence-electron chi connectivity index (χ2n) is 6.53. The normalized spacial score (nSPS) is 10.7. The van der Waals surface area contributed by atoms with Gasteiger partial charge >= 0.3 is 5.97 Å². The van der Waals surface area contributed by atoms with Crippen LogP contribution >= 0.6 is 34.5 Å². The third-order valence-corrected chi connectivity index (χ3v) is 6.40. The maximum absolute atomic E-state index is 13.8. The molecule has 2 aromatic carbocycles. The third kappa shape index (κ3) is 5.52. The van der Waals surface area contributed by atoms with Crippen molar-refractivity contribution in [3.05, 3.63) is 68.8 Å². The number of thiophene rings is 1. The van der Waals surface area contributed by atoms with E-state index in [2.05, 4.69) is 5.32 Å². The Bertz CT molecular complexity index is 1130. The van der Waals surface area contributed by atoms with Crippen molar-refractivity contribution in [2.45, 2.75) is 6.54 Å². The van der Waals surface area contributed by atoms with Crippen molar-refractivity contribution in [2.75, 3.05) is 20.2 Å². The Morgan fingerprint density at radius 1 is 1.13 bits per heavy atom. The number of rotatable bonds is 7. The van der Waals surface area contributed by atoms with E-state index in [9.17, 15) is 18.8 Å². The molecule has 0 unspecified atom stereocenters. The first kappa shape index (κ1) is 23.0. The molecule has 0 saturated heterocycles. The summed E-state index contributed by atoms with van der Waals surface area (Å²) < 4.78 is 19.6. The molecule has 10 heteroatoms. The van der Waals surface area contributed by atoms with Gasteiger partial charge in [0, 0.05) is 34.3 Å². The number of hydrogen-bond acceptors (Lipinski definition) is 5. The van der Waals surface area contributed by atoms with Crippen LogP contribution in [0.3, 0.4) is 0 Å². The largest absolute Gasteiger partial charge is 0.454 e. The van der Waals surface area contributed by atoms with E-state index in [1.165, 1.54) is 41.5 Å². The highest BCUT2D eigenvalue weighted by Gasteiger charge is 2.19. The Kier molecular flexibility index (Phi) is 7.48. The highest BCUT2D eigenvalue weighted by molar-refractivity contribution is 7.21. The summed E-state index contributed by atoms with van der Waals surface area (Å²) in [4.78, 5) is 37.9. The highest BCUT2D eigenvalue weighted by Crippen LogP contribution is 2.34. The fourth-order valence-electron chi connectivity index (χ4n) is 2.70. The first-order valence-corrected chi connectivity index (χ1v) is 10.6. The summed E-state index contributed by atoms with van der Waals surface area (Å²) in [7, 11) is 1.43. The van der Waals surface area contributed by atoms with Crippen molar-refractivity contribution in [3.63, 3.8) is 0 Å². The molecule has 1 heterocycles. The lowest BCUT2D eigenvalue weighted by Crippen LogP contribution is -2.34. The zero-order chi connectivity index (χ0) is 22.5. The van der Waals surface area contributed by atoms with Crippen molar-refractivity contribution in [2.24, 2.45) is 0 Å².